The van der Waals surface area contributed by atoms with E-state index in [9.17, 15) is 4.79 Å². The lowest BCUT2D eigenvalue weighted by molar-refractivity contribution is -0.118. The molecule has 3 heteroatoms. The first-order valence-electron chi connectivity index (χ1n) is 5.98. The number of Topliss-reactive ketones (excluding diaryl/α,β-unsaturated/α-hetero) is 1. The van der Waals surface area contributed by atoms with Crippen LogP contribution in [-0.4, -0.2) is 19.5 Å². The summed E-state index contributed by atoms with van der Waals surface area (Å²) in [6.07, 6.45) is 0. The van der Waals surface area contributed by atoms with E-state index in [2.05, 4.69) is 0 Å². The third-order valence-electron chi connectivity index (χ3n) is 2.16. The Bertz CT molecular complexity index is 466. The molecular weight excluding hydrogens is 240 g/mol. The molecule has 0 atom stereocenters. The number of para-hydroxylation sites is 2. The van der Waals surface area contributed by atoms with Gasteiger partial charge in [-0.25, -0.2) is 0 Å². The third kappa shape index (κ3) is 6.88. The largest absolute Gasteiger partial charge is 0.497 e. The van der Waals surface area contributed by atoms with Gasteiger partial charge in [0.1, 0.15) is 18.1 Å². The average molecular weight is 258 g/mol. The first-order valence-corrected chi connectivity index (χ1v) is 5.98. The maximum absolute atomic E-state index is 10.5. The molecule has 0 spiro atoms. The maximum Gasteiger partial charge on any atom is 0.167 e. The van der Waals surface area contributed by atoms with Gasteiger partial charge >= 0.3 is 0 Å². The van der Waals surface area contributed by atoms with Crippen molar-refractivity contribution in [3.05, 3.63) is 60.7 Å². The van der Waals surface area contributed by atoms with Crippen molar-refractivity contribution < 1.29 is 14.3 Å². The Hall–Kier alpha value is -2.29. The number of rotatable bonds is 4. The molecule has 19 heavy (non-hydrogen) atoms. The molecular formula is C16H18O3. The maximum atomic E-state index is 10.5. The summed E-state index contributed by atoms with van der Waals surface area (Å²) >= 11 is 0. The first kappa shape index (κ1) is 14.8. The van der Waals surface area contributed by atoms with Gasteiger partial charge < -0.3 is 9.47 Å². The molecule has 0 radical (unpaired) electrons. The normalized spacial score (nSPS) is 8.95. The average Bonchev–Trinajstić information content (AvgIpc) is 2.48. The zero-order chi connectivity index (χ0) is 13.9. The van der Waals surface area contributed by atoms with Crippen LogP contribution < -0.4 is 9.47 Å². The van der Waals surface area contributed by atoms with Gasteiger partial charge in [0.05, 0.1) is 7.11 Å². The van der Waals surface area contributed by atoms with Crippen LogP contribution in [0, 0.1) is 0 Å². The summed E-state index contributed by atoms with van der Waals surface area (Å²) < 4.78 is 10.0. The van der Waals surface area contributed by atoms with E-state index in [0.717, 1.165) is 11.5 Å². The Kier molecular flexibility index (Phi) is 6.80. The second-order valence-corrected chi connectivity index (χ2v) is 3.82. The van der Waals surface area contributed by atoms with E-state index in [0.29, 0.717) is 0 Å². The second-order valence-electron chi connectivity index (χ2n) is 3.82. The zero-order valence-electron chi connectivity index (χ0n) is 11.2. The van der Waals surface area contributed by atoms with Gasteiger partial charge in [0.25, 0.3) is 0 Å². The quantitative estimate of drug-likeness (QED) is 0.843. The summed E-state index contributed by atoms with van der Waals surface area (Å²) in [5.74, 6) is 1.68. The number of hydrogen-bond acceptors (Lipinski definition) is 3. The van der Waals surface area contributed by atoms with Crippen molar-refractivity contribution >= 4 is 5.78 Å². The lowest BCUT2D eigenvalue weighted by Crippen LogP contribution is -2.06. The molecule has 0 heterocycles. The van der Waals surface area contributed by atoms with E-state index in [-0.39, 0.29) is 12.4 Å². The van der Waals surface area contributed by atoms with Gasteiger partial charge in [-0.2, -0.15) is 0 Å². The topological polar surface area (TPSA) is 35.5 Å². The summed E-state index contributed by atoms with van der Waals surface area (Å²) in [6, 6.07) is 19.0. The molecule has 0 aliphatic rings. The highest BCUT2D eigenvalue weighted by Crippen LogP contribution is 2.07. The molecule has 0 bridgehead atoms. The molecule has 0 aliphatic carbocycles. The molecule has 3 nitrogen and oxygen atoms in total. The fraction of sp³-hybridized carbons (Fsp3) is 0.188. The monoisotopic (exact) mass is 258 g/mol. The van der Waals surface area contributed by atoms with E-state index in [4.69, 9.17) is 9.47 Å². The van der Waals surface area contributed by atoms with Crippen molar-refractivity contribution in [1.82, 2.24) is 0 Å². The molecule has 0 unspecified atom stereocenters. The van der Waals surface area contributed by atoms with Crippen molar-refractivity contribution in [2.45, 2.75) is 6.92 Å². The Morgan fingerprint density at radius 3 is 1.74 bits per heavy atom. The minimum atomic E-state index is 0.0360. The smallest absolute Gasteiger partial charge is 0.167 e. The van der Waals surface area contributed by atoms with Gasteiger partial charge in [-0.15, -0.1) is 0 Å². The van der Waals surface area contributed by atoms with E-state index in [1.165, 1.54) is 6.92 Å². The van der Waals surface area contributed by atoms with Gasteiger partial charge in [0.15, 0.2) is 5.78 Å². The summed E-state index contributed by atoms with van der Waals surface area (Å²) in [6.45, 7) is 1.66. The lowest BCUT2D eigenvalue weighted by atomic mass is 10.3. The molecule has 0 fully saturated rings. The predicted molar refractivity (Wildman–Crippen MR) is 75.6 cm³/mol. The van der Waals surface area contributed by atoms with E-state index in [1.54, 1.807) is 7.11 Å². The van der Waals surface area contributed by atoms with Gasteiger partial charge in [-0.3, -0.25) is 4.79 Å². The SMILES string of the molecule is CC(=O)COc1ccccc1.COc1ccccc1. The van der Waals surface area contributed by atoms with Crippen molar-refractivity contribution in [3.8, 4) is 11.5 Å². The Morgan fingerprint density at radius 2 is 1.37 bits per heavy atom. The molecule has 0 amide bonds. The Morgan fingerprint density at radius 1 is 0.895 bits per heavy atom. The van der Waals surface area contributed by atoms with Crippen LogP contribution in [0.25, 0.3) is 0 Å². The minimum absolute atomic E-state index is 0.0360. The second kappa shape index (κ2) is 8.75. The van der Waals surface area contributed by atoms with Gasteiger partial charge in [-0.1, -0.05) is 36.4 Å². The summed E-state index contributed by atoms with van der Waals surface area (Å²) in [5.41, 5.74) is 0. The molecule has 2 aromatic carbocycles. The molecule has 0 saturated carbocycles. The van der Waals surface area contributed by atoms with Crippen LogP contribution in [0.5, 0.6) is 11.5 Å². The number of carbonyl (C=O) groups excluding carboxylic acids is 1. The summed E-state index contributed by atoms with van der Waals surface area (Å²) in [5, 5.41) is 0. The lowest BCUT2D eigenvalue weighted by Gasteiger charge is -2.01. The Balaban J connectivity index is 0.000000200. The molecule has 0 aliphatic heterocycles. The molecule has 0 N–H and O–H groups in total. The molecule has 0 saturated heterocycles. The number of carbonyl (C=O) groups is 1. The van der Waals surface area contributed by atoms with Gasteiger partial charge in [0.2, 0.25) is 0 Å². The Labute approximate surface area is 113 Å². The third-order valence-corrected chi connectivity index (χ3v) is 2.16. The van der Waals surface area contributed by atoms with E-state index >= 15 is 0 Å². The highest BCUT2D eigenvalue weighted by molar-refractivity contribution is 5.77. The number of methoxy groups -OCH3 is 1. The fourth-order valence-corrected chi connectivity index (χ4v) is 1.26. The van der Waals surface area contributed by atoms with E-state index < -0.39 is 0 Å². The van der Waals surface area contributed by atoms with Crippen LogP contribution in [0.4, 0.5) is 0 Å². The fourth-order valence-electron chi connectivity index (χ4n) is 1.26. The van der Waals surface area contributed by atoms with Crippen LogP contribution in [0.2, 0.25) is 0 Å². The van der Waals surface area contributed by atoms with Crippen molar-refractivity contribution in [2.75, 3.05) is 13.7 Å². The van der Waals surface area contributed by atoms with Crippen LogP contribution in [0.1, 0.15) is 6.92 Å². The van der Waals surface area contributed by atoms with Crippen LogP contribution in [0.15, 0.2) is 60.7 Å². The predicted octanol–water partition coefficient (Wildman–Crippen LogP) is 3.35. The van der Waals surface area contributed by atoms with Crippen LogP contribution >= 0.6 is 0 Å². The number of benzene rings is 2. The summed E-state index contributed by atoms with van der Waals surface area (Å²) in [7, 11) is 1.66. The molecule has 2 aromatic rings. The van der Waals surface area contributed by atoms with Crippen molar-refractivity contribution in [3.63, 3.8) is 0 Å². The number of ketones is 1. The van der Waals surface area contributed by atoms with Gasteiger partial charge in [-0.05, 0) is 31.2 Å². The molecule has 0 aromatic heterocycles. The highest BCUT2D eigenvalue weighted by Gasteiger charge is 1.93. The van der Waals surface area contributed by atoms with Crippen LogP contribution in [0.3, 0.4) is 0 Å². The minimum Gasteiger partial charge on any atom is -0.497 e. The number of ether oxygens (including phenoxy) is 2. The van der Waals surface area contributed by atoms with Crippen molar-refractivity contribution in [1.29, 1.82) is 0 Å². The zero-order valence-corrected chi connectivity index (χ0v) is 11.2. The van der Waals surface area contributed by atoms with Crippen LogP contribution in [-0.2, 0) is 4.79 Å². The first-order chi connectivity index (χ1) is 9.22. The van der Waals surface area contributed by atoms with Gasteiger partial charge in [0, 0.05) is 0 Å². The van der Waals surface area contributed by atoms with E-state index in [1.807, 2.05) is 60.7 Å². The highest BCUT2D eigenvalue weighted by atomic mass is 16.5. The molecule has 100 valence electrons. The standard InChI is InChI=1S/C9H10O2.C7H8O/c1-8(10)7-11-9-5-3-2-4-6-9;1-8-7-5-3-2-4-6-7/h2-6H,7H2,1H3;2-6H,1H3. The number of hydrogen-bond donors (Lipinski definition) is 0. The molecule has 2 rings (SSSR count). The summed E-state index contributed by atoms with van der Waals surface area (Å²) in [4.78, 5) is 10.5. The van der Waals surface area contributed by atoms with Crippen molar-refractivity contribution in [2.24, 2.45) is 0 Å².